The Bertz CT molecular complexity index is 553. The van der Waals surface area contributed by atoms with E-state index in [1.807, 2.05) is 43.3 Å². The zero-order valence-electron chi connectivity index (χ0n) is 10.7. The van der Waals surface area contributed by atoms with Gasteiger partial charge in [0, 0.05) is 16.1 Å². The molecule has 4 heteroatoms. The predicted octanol–water partition coefficient (Wildman–Crippen LogP) is 4.05. The Balaban J connectivity index is 2.19. The van der Waals surface area contributed by atoms with Gasteiger partial charge in [-0.15, -0.1) is 0 Å². The summed E-state index contributed by atoms with van der Waals surface area (Å²) in [5.74, 6) is 5.66. The third kappa shape index (κ3) is 3.71. The highest BCUT2D eigenvalue weighted by molar-refractivity contribution is 6.31. The van der Waals surface area contributed by atoms with Crippen molar-refractivity contribution in [1.29, 1.82) is 0 Å². The molecule has 19 heavy (non-hydrogen) atoms. The number of hydrogen-bond donors (Lipinski definition) is 2. The van der Waals surface area contributed by atoms with Crippen LogP contribution in [0.15, 0.2) is 42.5 Å². The van der Waals surface area contributed by atoms with Crippen molar-refractivity contribution in [2.24, 2.45) is 5.84 Å². The lowest BCUT2D eigenvalue weighted by atomic mass is 9.98. The summed E-state index contributed by atoms with van der Waals surface area (Å²) in [6, 6.07) is 13.8. The Hall–Kier alpha value is -1.06. The van der Waals surface area contributed by atoms with Crippen LogP contribution in [-0.4, -0.2) is 0 Å². The van der Waals surface area contributed by atoms with E-state index in [2.05, 4.69) is 11.5 Å². The summed E-state index contributed by atoms with van der Waals surface area (Å²) in [4.78, 5) is 0. The first kappa shape index (κ1) is 14.4. The summed E-state index contributed by atoms with van der Waals surface area (Å²) in [5, 5.41) is 1.51. The van der Waals surface area contributed by atoms with Crippen molar-refractivity contribution in [1.82, 2.24) is 5.43 Å². The molecule has 0 aliphatic carbocycles. The van der Waals surface area contributed by atoms with E-state index in [1.54, 1.807) is 0 Å². The Morgan fingerprint density at radius 2 is 1.79 bits per heavy atom. The zero-order chi connectivity index (χ0) is 13.8. The standard InChI is InChI=1S/C15H16Cl2N2/c1-10-8-12(4-7-14(10)17)15(19-18)9-11-2-5-13(16)6-3-11/h2-8,15,19H,9,18H2,1H3. The minimum Gasteiger partial charge on any atom is -0.271 e. The highest BCUT2D eigenvalue weighted by atomic mass is 35.5. The molecule has 0 heterocycles. The smallest absolute Gasteiger partial charge is 0.0500 e. The molecule has 0 spiro atoms. The van der Waals surface area contributed by atoms with Crippen molar-refractivity contribution in [2.45, 2.75) is 19.4 Å². The van der Waals surface area contributed by atoms with E-state index in [4.69, 9.17) is 29.0 Å². The molecule has 3 N–H and O–H groups in total. The van der Waals surface area contributed by atoms with Gasteiger partial charge in [-0.1, -0.05) is 47.5 Å². The van der Waals surface area contributed by atoms with Gasteiger partial charge in [0.1, 0.15) is 0 Å². The Morgan fingerprint density at radius 1 is 1.11 bits per heavy atom. The van der Waals surface area contributed by atoms with Gasteiger partial charge in [0.2, 0.25) is 0 Å². The first-order valence-electron chi connectivity index (χ1n) is 6.07. The molecule has 0 saturated carbocycles. The molecule has 0 aliphatic heterocycles. The fraction of sp³-hybridized carbons (Fsp3) is 0.200. The zero-order valence-corrected chi connectivity index (χ0v) is 12.2. The second-order valence-corrected chi connectivity index (χ2v) is 5.40. The molecule has 0 saturated heterocycles. The molecular formula is C15H16Cl2N2. The van der Waals surface area contributed by atoms with Crippen LogP contribution in [0.5, 0.6) is 0 Å². The van der Waals surface area contributed by atoms with Crippen LogP contribution < -0.4 is 11.3 Å². The predicted molar refractivity (Wildman–Crippen MR) is 81.4 cm³/mol. The molecule has 100 valence electrons. The first-order valence-corrected chi connectivity index (χ1v) is 6.82. The van der Waals surface area contributed by atoms with E-state index >= 15 is 0 Å². The van der Waals surface area contributed by atoms with Gasteiger partial charge in [-0.25, -0.2) is 0 Å². The lowest BCUT2D eigenvalue weighted by Gasteiger charge is -2.17. The van der Waals surface area contributed by atoms with Gasteiger partial charge in [0.25, 0.3) is 0 Å². The van der Waals surface area contributed by atoms with Gasteiger partial charge in [-0.2, -0.15) is 0 Å². The van der Waals surface area contributed by atoms with Gasteiger partial charge in [0.15, 0.2) is 0 Å². The minimum absolute atomic E-state index is 0.0529. The largest absolute Gasteiger partial charge is 0.271 e. The van der Waals surface area contributed by atoms with Gasteiger partial charge in [-0.05, 0) is 48.2 Å². The van der Waals surface area contributed by atoms with Gasteiger partial charge in [0.05, 0.1) is 0 Å². The molecule has 1 unspecified atom stereocenters. The Kier molecular flexibility index (Phi) is 4.83. The maximum absolute atomic E-state index is 6.04. The summed E-state index contributed by atoms with van der Waals surface area (Å²) in [6.45, 7) is 1.99. The number of benzene rings is 2. The lowest BCUT2D eigenvalue weighted by molar-refractivity contribution is 0.551. The quantitative estimate of drug-likeness (QED) is 0.659. The Labute approximate surface area is 123 Å². The molecule has 0 fully saturated rings. The molecule has 0 bridgehead atoms. The first-order chi connectivity index (χ1) is 9.10. The van der Waals surface area contributed by atoms with Crippen LogP contribution >= 0.6 is 23.2 Å². The van der Waals surface area contributed by atoms with Crippen LogP contribution in [0.1, 0.15) is 22.7 Å². The average molecular weight is 295 g/mol. The Morgan fingerprint density at radius 3 is 2.37 bits per heavy atom. The number of rotatable bonds is 4. The van der Waals surface area contributed by atoms with E-state index in [-0.39, 0.29) is 6.04 Å². The maximum Gasteiger partial charge on any atom is 0.0500 e. The van der Waals surface area contributed by atoms with E-state index in [0.717, 1.165) is 27.6 Å². The molecule has 2 aromatic carbocycles. The van der Waals surface area contributed by atoms with Crippen LogP contribution in [-0.2, 0) is 6.42 Å². The maximum atomic E-state index is 6.04. The second-order valence-electron chi connectivity index (χ2n) is 4.56. The van der Waals surface area contributed by atoms with Gasteiger partial charge >= 0.3 is 0 Å². The van der Waals surface area contributed by atoms with Crippen LogP contribution in [0.3, 0.4) is 0 Å². The number of aryl methyl sites for hydroxylation is 1. The molecule has 0 aliphatic rings. The molecule has 2 nitrogen and oxygen atoms in total. The van der Waals surface area contributed by atoms with Gasteiger partial charge in [-0.3, -0.25) is 11.3 Å². The minimum atomic E-state index is 0.0529. The number of hydrazine groups is 1. The van der Waals surface area contributed by atoms with Crippen molar-refractivity contribution in [2.75, 3.05) is 0 Å². The summed E-state index contributed by atoms with van der Waals surface area (Å²) in [7, 11) is 0. The van der Waals surface area contributed by atoms with E-state index < -0.39 is 0 Å². The fourth-order valence-electron chi connectivity index (χ4n) is 2.01. The molecule has 0 amide bonds. The fourth-order valence-corrected chi connectivity index (χ4v) is 2.26. The number of nitrogens with two attached hydrogens (primary N) is 1. The highest BCUT2D eigenvalue weighted by Crippen LogP contribution is 2.23. The normalized spacial score (nSPS) is 12.4. The van der Waals surface area contributed by atoms with Crippen molar-refractivity contribution in [3.05, 3.63) is 69.2 Å². The topological polar surface area (TPSA) is 38.0 Å². The average Bonchev–Trinajstić information content (AvgIpc) is 2.41. The monoisotopic (exact) mass is 294 g/mol. The van der Waals surface area contributed by atoms with E-state index in [0.29, 0.717) is 0 Å². The molecule has 1 atom stereocenters. The molecule has 2 aromatic rings. The molecule has 0 radical (unpaired) electrons. The third-order valence-electron chi connectivity index (χ3n) is 3.14. The number of nitrogens with one attached hydrogen (secondary N) is 1. The van der Waals surface area contributed by atoms with Crippen LogP contribution in [0.4, 0.5) is 0 Å². The SMILES string of the molecule is Cc1cc(C(Cc2ccc(Cl)cc2)NN)ccc1Cl. The van der Waals surface area contributed by atoms with Crippen molar-refractivity contribution < 1.29 is 0 Å². The number of halogens is 2. The van der Waals surface area contributed by atoms with Crippen LogP contribution in [0.2, 0.25) is 10.0 Å². The second kappa shape index (κ2) is 6.40. The van der Waals surface area contributed by atoms with Crippen LogP contribution in [0, 0.1) is 6.92 Å². The summed E-state index contributed by atoms with van der Waals surface area (Å²) >= 11 is 11.9. The lowest BCUT2D eigenvalue weighted by Crippen LogP contribution is -2.29. The van der Waals surface area contributed by atoms with Crippen molar-refractivity contribution in [3.63, 3.8) is 0 Å². The number of hydrogen-bond acceptors (Lipinski definition) is 2. The molecule has 2 rings (SSSR count). The third-order valence-corrected chi connectivity index (χ3v) is 3.81. The summed E-state index contributed by atoms with van der Waals surface area (Å²) in [6.07, 6.45) is 0.800. The van der Waals surface area contributed by atoms with Crippen molar-refractivity contribution >= 4 is 23.2 Å². The van der Waals surface area contributed by atoms with E-state index in [9.17, 15) is 0 Å². The summed E-state index contributed by atoms with van der Waals surface area (Å²) < 4.78 is 0. The van der Waals surface area contributed by atoms with E-state index in [1.165, 1.54) is 5.56 Å². The van der Waals surface area contributed by atoms with Gasteiger partial charge < -0.3 is 0 Å². The molecular weight excluding hydrogens is 279 g/mol. The summed E-state index contributed by atoms with van der Waals surface area (Å²) in [5.41, 5.74) is 6.21. The van der Waals surface area contributed by atoms with Crippen molar-refractivity contribution in [3.8, 4) is 0 Å². The van der Waals surface area contributed by atoms with Crippen LogP contribution in [0.25, 0.3) is 0 Å². The molecule has 0 aromatic heterocycles. The highest BCUT2D eigenvalue weighted by Gasteiger charge is 2.11.